The molecule has 1 aromatic carbocycles. The van der Waals surface area contributed by atoms with Crippen LogP contribution in [0.1, 0.15) is 25.5 Å². The first kappa shape index (κ1) is 14.7. The molecule has 1 aromatic rings. The van der Waals surface area contributed by atoms with Gasteiger partial charge >= 0.3 is 0 Å². The Kier molecular flexibility index (Phi) is 4.84. The van der Waals surface area contributed by atoms with Crippen LogP contribution < -0.4 is 14.8 Å². The number of amides is 1. The van der Waals surface area contributed by atoms with Gasteiger partial charge in [0.25, 0.3) is 0 Å². The average molecular weight is 279 g/mol. The highest BCUT2D eigenvalue weighted by Gasteiger charge is 2.21. The molecule has 0 saturated carbocycles. The van der Waals surface area contributed by atoms with Crippen LogP contribution in [0.3, 0.4) is 0 Å². The monoisotopic (exact) mass is 279 g/mol. The molecular formula is C15H21NO4. The average Bonchev–Trinajstić information content (AvgIpc) is 2.44. The number of benzene rings is 1. The van der Waals surface area contributed by atoms with Crippen molar-refractivity contribution in [3.8, 4) is 11.5 Å². The maximum absolute atomic E-state index is 11.7. The number of methoxy groups -OCH3 is 1. The van der Waals surface area contributed by atoms with Gasteiger partial charge in [-0.05, 0) is 23.6 Å². The molecule has 1 N–H and O–H groups in total. The third-order valence-corrected chi connectivity index (χ3v) is 3.18. The minimum atomic E-state index is -0.124. The summed E-state index contributed by atoms with van der Waals surface area (Å²) in [5.41, 5.74) is 1.01. The summed E-state index contributed by atoms with van der Waals surface area (Å²) >= 11 is 0. The van der Waals surface area contributed by atoms with Crippen LogP contribution in [0.5, 0.6) is 11.5 Å². The summed E-state index contributed by atoms with van der Waals surface area (Å²) in [7, 11) is 1.51. The van der Waals surface area contributed by atoms with E-state index in [9.17, 15) is 4.79 Å². The van der Waals surface area contributed by atoms with Crippen LogP contribution in [0.25, 0.3) is 0 Å². The predicted molar refractivity (Wildman–Crippen MR) is 75.0 cm³/mol. The Bertz CT molecular complexity index is 473. The Labute approximate surface area is 119 Å². The van der Waals surface area contributed by atoms with Crippen molar-refractivity contribution >= 4 is 5.91 Å². The quantitative estimate of drug-likeness (QED) is 0.894. The summed E-state index contributed by atoms with van der Waals surface area (Å²) in [5, 5.41) is 2.98. The summed E-state index contributed by atoms with van der Waals surface area (Å²) in [6.45, 7) is 5.32. The van der Waals surface area contributed by atoms with Crippen LogP contribution in [0.2, 0.25) is 0 Å². The molecule has 1 unspecified atom stereocenters. The fraction of sp³-hybridized carbons (Fsp3) is 0.533. The number of nitrogens with one attached hydrogen (secondary N) is 1. The van der Waals surface area contributed by atoms with Gasteiger partial charge in [-0.1, -0.05) is 19.9 Å². The zero-order chi connectivity index (χ0) is 14.5. The van der Waals surface area contributed by atoms with E-state index in [1.54, 1.807) is 0 Å². The molecule has 2 rings (SSSR count). The van der Waals surface area contributed by atoms with Crippen molar-refractivity contribution in [1.29, 1.82) is 0 Å². The Morgan fingerprint density at radius 2 is 2.00 bits per heavy atom. The van der Waals surface area contributed by atoms with Crippen LogP contribution in [0.15, 0.2) is 18.2 Å². The first-order chi connectivity index (χ1) is 9.61. The normalized spacial score (nSPS) is 15.0. The second kappa shape index (κ2) is 6.61. The Hall–Kier alpha value is -1.75. The van der Waals surface area contributed by atoms with Crippen molar-refractivity contribution in [1.82, 2.24) is 5.32 Å². The smallest absolute Gasteiger partial charge is 0.246 e. The van der Waals surface area contributed by atoms with Gasteiger partial charge in [0.15, 0.2) is 11.5 Å². The van der Waals surface area contributed by atoms with E-state index >= 15 is 0 Å². The van der Waals surface area contributed by atoms with Crippen molar-refractivity contribution in [2.24, 2.45) is 5.92 Å². The number of ether oxygens (including phenoxy) is 3. The molecule has 0 aromatic heterocycles. The molecule has 0 spiro atoms. The lowest BCUT2D eigenvalue weighted by atomic mass is 9.95. The molecule has 20 heavy (non-hydrogen) atoms. The maximum Gasteiger partial charge on any atom is 0.246 e. The van der Waals surface area contributed by atoms with Gasteiger partial charge in [-0.25, -0.2) is 0 Å². The van der Waals surface area contributed by atoms with E-state index in [4.69, 9.17) is 14.2 Å². The molecule has 1 amide bonds. The number of hydrogen-bond donors (Lipinski definition) is 1. The number of fused-ring (bicyclic) bond motifs is 1. The topological polar surface area (TPSA) is 56.8 Å². The molecule has 0 aliphatic carbocycles. The first-order valence-electron chi connectivity index (χ1n) is 6.79. The van der Waals surface area contributed by atoms with Crippen molar-refractivity contribution in [3.05, 3.63) is 23.8 Å². The van der Waals surface area contributed by atoms with Gasteiger partial charge in [0.2, 0.25) is 5.91 Å². The van der Waals surface area contributed by atoms with Gasteiger partial charge in [-0.3, -0.25) is 4.79 Å². The molecule has 5 heteroatoms. The summed E-state index contributed by atoms with van der Waals surface area (Å²) in [6.07, 6.45) is 0. The van der Waals surface area contributed by atoms with Crippen LogP contribution in [0, 0.1) is 5.92 Å². The third kappa shape index (κ3) is 3.42. The van der Waals surface area contributed by atoms with Crippen LogP contribution in [-0.4, -0.2) is 32.8 Å². The highest BCUT2D eigenvalue weighted by atomic mass is 16.6. The molecule has 0 radical (unpaired) electrons. The van der Waals surface area contributed by atoms with E-state index in [1.165, 1.54) is 7.11 Å². The fourth-order valence-electron chi connectivity index (χ4n) is 2.23. The van der Waals surface area contributed by atoms with Gasteiger partial charge in [0.1, 0.15) is 19.8 Å². The molecule has 0 fully saturated rings. The summed E-state index contributed by atoms with van der Waals surface area (Å²) in [5.74, 6) is 1.63. The van der Waals surface area contributed by atoms with Gasteiger partial charge in [-0.2, -0.15) is 0 Å². The van der Waals surface area contributed by atoms with Gasteiger partial charge in [0.05, 0.1) is 6.04 Å². The first-order valence-corrected chi connectivity index (χ1v) is 6.79. The molecule has 1 aliphatic heterocycles. The molecule has 1 heterocycles. The van der Waals surface area contributed by atoms with E-state index in [2.05, 4.69) is 19.2 Å². The largest absolute Gasteiger partial charge is 0.486 e. The highest BCUT2D eigenvalue weighted by Crippen LogP contribution is 2.34. The Morgan fingerprint density at radius 1 is 1.30 bits per heavy atom. The SMILES string of the molecule is COCC(=O)NC(c1ccc2c(c1)OCCO2)C(C)C. The van der Waals surface area contributed by atoms with Crippen LogP contribution in [-0.2, 0) is 9.53 Å². The van der Waals surface area contributed by atoms with Gasteiger partial charge in [0, 0.05) is 7.11 Å². The zero-order valence-electron chi connectivity index (χ0n) is 12.1. The Morgan fingerprint density at radius 3 is 2.65 bits per heavy atom. The van der Waals surface area contributed by atoms with Crippen molar-refractivity contribution < 1.29 is 19.0 Å². The van der Waals surface area contributed by atoms with Gasteiger partial charge < -0.3 is 19.5 Å². The molecule has 0 bridgehead atoms. The van der Waals surface area contributed by atoms with E-state index in [-0.39, 0.29) is 24.5 Å². The van der Waals surface area contributed by atoms with Gasteiger partial charge in [-0.15, -0.1) is 0 Å². The predicted octanol–water partition coefficient (Wildman–Crippen LogP) is 1.92. The van der Waals surface area contributed by atoms with Crippen molar-refractivity contribution in [2.45, 2.75) is 19.9 Å². The second-order valence-corrected chi connectivity index (χ2v) is 5.13. The second-order valence-electron chi connectivity index (χ2n) is 5.13. The summed E-state index contributed by atoms with van der Waals surface area (Å²) in [6, 6.07) is 5.72. The summed E-state index contributed by atoms with van der Waals surface area (Å²) in [4.78, 5) is 11.7. The number of rotatable bonds is 5. The van der Waals surface area contributed by atoms with E-state index in [0.717, 1.165) is 17.1 Å². The number of hydrogen-bond acceptors (Lipinski definition) is 4. The molecule has 110 valence electrons. The minimum Gasteiger partial charge on any atom is -0.486 e. The van der Waals surface area contributed by atoms with E-state index in [1.807, 2.05) is 18.2 Å². The molecule has 1 aliphatic rings. The van der Waals surface area contributed by atoms with Crippen LogP contribution in [0.4, 0.5) is 0 Å². The zero-order valence-corrected chi connectivity index (χ0v) is 12.1. The van der Waals surface area contributed by atoms with Crippen molar-refractivity contribution in [3.63, 3.8) is 0 Å². The lowest BCUT2D eigenvalue weighted by Gasteiger charge is -2.25. The molecule has 5 nitrogen and oxygen atoms in total. The van der Waals surface area contributed by atoms with E-state index in [0.29, 0.717) is 13.2 Å². The standard InChI is InChI=1S/C15H21NO4/c1-10(2)15(16-14(17)9-18-3)11-4-5-12-13(8-11)20-7-6-19-12/h4-5,8,10,15H,6-7,9H2,1-3H3,(H,16,17). The lowest BCUT2D eigenvalue weighted by molar-refractivity contribution is -0.125. The van der Waals surface area contributed by atoms with Crippen molar-refractivity contribution in [2.75, 3.05) is 26.9 Å². The molecular weight excluding hydrogens is 258 g/mol. The molecule has 1 atom stereocenters. The minimum absolute atomic E-state index is 0.0633. The van der Waals surface area contributed by atoms with E-state index < -0.39 is 0 Å². The number of carbonyl (C=O) groups excluding carboxylic acids is 1. The Balaban J connectivity index is 2.18. The molecule has 0 saturated heterocycles. The van der Waals surface area contributed by atoms with Crippen LogP contribution >= 0.6 is 0 Å². The maximum atomic E-state index is 11.7. The number of carbonyl (C=O) groups is 1. The summed E-state index contributed by atoms with van der Waals surface area (Å²) < 4.78 is 15.9. The highest BCUT2D eigenvalue weighted by molar-refractivity contribution is 5.77. The fourth-order valence-corrected chi connectivity index (χ4v) is 2.23. The third-order valence-electron chi connectivity index (χ3n) is 3.18. The lowest BCUT2D eigenvalue weighted by Crippen LogP contribution is -2.34.